The standard InChI is InChI=1S/C23H34N2O5/c1-22(2,3)30-21(27)25-10-8-16(9-11-25)12-20(26)24-14-23(4,5)17-6-7-18-19(13-17)29-15-28-18/h6-7,13,16H,8-12,14-15H2,1-5H3,(H,24,26). The molecule has 1 saturated heterocycles. The lowest BCUT2D eigenvalue weighted by molar-refractivity contribution is -0.122. The Hall–Kier alpha value is -2.44. The van der Waals surface area contributed by atoms with Crippen molar-refractivity contribution in [3.63, 3.8) is 0 Å². The molecule has 0 spiro atoms. The normalized spacial score (nSPS) is 17.0. The second kappa shape index (κ2) is 8.74. The fraction of sp³-hybridized carbons (Fsp3) is 0.652. The number of hydrogen-bond acceptors (Lipinski definition) is 5. The fourth-order valence-corrected chi connectivity index (χ4v) is 3.72. The number of hydrogen-bond donors (Lipinski definition) is 1. The molecule has 7 heteroatoms. The first-order valence-corrected chi connectivity index (χ1v) is 10.7. The van der Waals surface area contributed by atoms with E-state index in [1.54, 1.807) is 4.90 Å². The molecule has 2 heterocycles. The molecule has 0 aromatic heterocycles. The van der Waals surface area contributed by atoms with Crippen molar-refractivity contribution < 1.29 is 23.8 Å². The van der Waals surface area contributed by atoms with Gasteiger partial charge in [0.15, 0.2) is 11.5 Å². The summed E-state index contributed by atoms with van der Waals surface area (Å²) >= 11 is 0. The summed E-state index contributed by atoms with van der Waals surface area (Å²) in [6.45, 7) is 11.9. The number of nitrogens with zero attached hydrogens (tertiary/aromatic N) is 1. The number of carbonyl (C=O) groups excluding carboxylic acids is 2. The van der Waals surface area contributed by atoms with Crippen LogP contribution in [0.15, 0.2) is 18.2 Å². The second-order valence-corrected chi connectivity index (χ2v) is 9.84. The molecular formula is C23H34N2O5. The number of amides is 2. The quantitative estimate of drug-likeness (QED) is 0.786. The number of benzene rings is 1. The molecule has 2 aliphatic rings. The van der Waals surface area contributed by atoms with E-state index >= 15 is 0 Å². The van der Waals surface area contributed by atoms with Gasteiger partial charge in [-0.15, -0.1) is 0 Å². The van der Waals surface area contributed by atoms with Crippen LogP contribution in [-0.4, -0.2) is 48.9 Å². The van der Waals surface area contributed by atoms with Gasteiger partial charge in [-0.2, -0.15) is 0 Å². The van der Waals surface area contributed by atoms with Gasteiger partial charge >= 0.3 is 6.09 Å². The summed E-state index contributed by atoms with van der Waals surface area (Å²) in [5.74, 6) is 1.86. The fourth-order valence-electron chi connectivity index (χ4n) is 3.72. The van der Waals surface area contributed by atoms with Crippen LogP contribution in [-0.2, 0) is 14.9 Å². The molecule has 0 radical (unpaired) electrons. The number of fused-ring (bicyclic) bond motifs is 1. The molecule has 30 heavy (non-hydrogen) atoms. The number of likely N-dealkylation sites (tertiary alicyclic amines) is 1. The second-order valence-electron chi connectivity index (χ2n) is 9.84. The summed E-state index contributed by atoms with van der Waals surface area (Å²) in [4.78, 5) is 26.4. The maximum absolute atomic E-state index is 12.5. The number of piperidine rings is 1. The summed E-state index contributed by atoms with van der Waals surface area (Å²) in [5, 5.41) is 3.09. The Morgan fingerprint density at radius 3 is 2.43 bits per heavy atom. The molecule has 1 fully saturated rings. The van der Waals surface area contributed by atoms with E-state index in [1.165, 1.54) is 0 Å². The first-order chi connectivity index (χ1) is 14.0. The highest BCUT2D eigenvalue weighted by Gasteiger charge is 2.29. The lowest BCUT2D eigenvalue weighted by Gasteiger charge is -2.33. The third kappa shape index (κ3) is 5.80. The third-order valence-electron chi connectivity index (χ3n) is 5.62. The Kier molecular flexibility index (Phi) is 6.48. The zero-order valence-electron chi connectivity index (χ0n) is 18.7. The molecule has 0 aliphatic carbocycles. The van der Waals surface area contributed by atoms with Gasteiger partial charge in [0, 0.05) is 31.5 Å². The van der Waals surface area contributed by atoms with Crippen LogP contribution in [0.3, 0.4) is 0 Å². The predicted molar refractivity (Wildman–Crippen MR) is 114 cm³/mol. The van der Waals surface area contributed by atoms with Crippen LogP contribution in [0.4, 0.5) is 4.79 Å². The smallest absolute Gasteiger partial charge is 0.410 e. The van der Waals surface area contributed by atoms with Gasteiger partial charge in [0.1, 0.15) is 5.60 Å². The molecule has 0 bridgehead atoms. The van der Waals surface area contributed by atoms with Crippen molar-refractivity contribution in [1.29, 1.82) is 0 Å². The van der Waals surface area contributed by atoms with E-state index in [9.17, 15) is 9.59 Å². The molecule has 1 aromatic carbocycles. The Labute approximate surface area is 179 Å². The molecule has 2 amide bonds. The van der Waals surface area contributed by atoms with E-state index in [0.717, 1.165) is 29.9 Å². The molecule has 2 aliphatic heterocycles. The zero-order valence-corrected chi connectivity index (χ0v) is 18.7. The van der Waals surface area contributed by atoms with Crippen molar-refractivity contribution in [2.45, 2.75) is 64.9 Å². The molecule has 3 rings (SSSR count). The van der Waals surface area contributed by atoms with Crippen LogP contribution in [0, 0.1) is 5.92 Å². The highest BCUT2D eigenvalue weighted by Crippen LogP contribution is 2.36. The van der Waals surface area contributed by atoms with E-state index in [-0.39, 0.29) is 30.1 Å². The van der Waals surface area contributed by atoms with Crippen LogP contribution in [0.1, 0.15) is 59.4 Å². The maximum atomic E-state index is 12.5. The molecular weight excluding hydrogens is 384 g/mol. The van der Waals surface area contributed by atoms with Crippen molar-refractivity contribution >= 4 is 12.0 Å². The van der Waals surface area contributed by atoms with Gasteiger partial charge in [0.05, 0.1) is 0 Å². The van der Waals surface area contributed by atoms with Crippen LogP contribution in [0.25, 0.3) is 0 Å². The predicted octanol–water partition coefficient (Wildman–Crippen LogP) is 3.85. The van der Waals surface area contributed by atoms with E-state index in [0.29, 0.717) is 26.1 Å². The number of ether oxygens (including phenoxy) is 3. The summed E-state index contributed by atoms with van der Waals surface area (Å²) in [5.41, 5.74) is 0.382. The minimum absolute atomic E-state index is 0.0551. The summed E-state index contributed by atoms with van der Waals surface area (Å²) in [7, 11) is 0. The first-order valence-electron chi connectivity index (χ1n) is 10.7. The van der Waals surface area contributed by atoms with E-state index in [2.05, 4.69) is 19.2 Å². The largest absolute Gasteiger partial charge is 0.454 e. The number of nitrogens with one attached hydrogen (secondary N) is 1. The van der Waals surface area contributed by atoms with Gasteiger partial charge in [-0.05, 0) is 57.2 Å². The Bertz CT molecular complexity index is 776. The minimum Gasteiger partial charge on any atom is -0.454 e. The van der Waals surface area contributed by atoms with Gasteiger partial charge in [-0.3, -0.25) is 4.79 Å². The number of carbonyl (C=O) groups is 2. The SMILES string of the molecule is CC(C)(C)OC(=O)N1CCC(CC(=O)NCC(C)(C)c2ccc3c(c2)OCO3)CC1. The average molecular weight is 419 g/mol. The lowest BCUT2D eigenvalue weighted by Crippen LogP contribution is -2.43. The van der Waals surface area contributed by atoms with Crippen LogP contribution >= 0.6 is 0 Å². The molecule has 0 unspecified atom stereocenters. The van der Waals surface area contributed by atoms with Crippen LogP contribution in [0.2, 0.25) is 0 Å². The molecule has 166 valence electrons. The van der Waals surface area contributed by atoms with Gasteiger partial charge in [0.25, 0.3) is 0 Å². The monoisotopic (exact) mass is 418 g/mol. The molecule has 0 saturated carbocycles. The van der Waals surface area contributed by atoms with Crippen molar-refractivity contribution in [3.8, 4) is 11.5 Å². The Morgan fingerprint density at radius 2 is 1.77 bits per heavy atom. The maximum Gasteiger partial charge on any atom is 0.410 e. The van der Waals surface area contributed by atoms with Crippen LogP contribution in [0.5, 0.6) is 11.5 Å². The van der Waals surface area contributed by atoms with E-state index in [1.807, 2.05) is 39.0 Å². The van der Waals surface area contributed by atoms with Crippen molar-refractivity contribution in [1.82, 2.24) is 10.2 Å². The Balaban J connectivity index is 1.43. The molecule has 1 N–H and O–H groups in total. The molecule has 7 nitrogen and oxygen atoms in total. The highest BCUT2D eigenvalue weighted by atomic mass is 16.7. The third-order valence-corrected chi connectivity index (χ3v) is 5.62. The zero-order chi connectivity index (χ0) is 21.9. The van der Waals surface area contributed by atoms with Crippen LogP contribution < -0.4 is 14.8 Å². The molecule has 1 aromatic rings. The topological polar surface area (TPSA) is 77.1 Å². The first kappa shape index (κ1) is 22.2. The van der Waals surface area contributed by atoms with Gasteiger partial charge < -0.3 is 24.4 Å². The summed E-state index contributed by atoms with van der Waals surface area (Å²) < 4.78 is 16.3. The van der Waals surface area contributed by atoms with Crippen molar-refractivity contribution in [2.75, 3.05) is 26.4 Å². The number of rotatable bonds is 5. The van der Waals surface area contributed by atoms with E-state index in [4.69, 9.17) is 14.2 Å². The summed E-state index contributed by atoms with van der Waals surface area (Å²) in [6, 6.07) is 5.92. The van der Waals surface area contributed by atoms with Crippen molar-refractivity contribution in [3.05, 3.63) is 23.8 Å². The molecule has 0 atom stereocenters. The summed E-state index contributed by atoms with van der Waals surface area (Å²) in [6.07, 6.45) is 1.85. The lowest BCUT2D eigenvalue weighted by atomic mass is 9.84. The highest BCUT2D eigenvalue weighted by molar-refractivity contribution is 5.76. The Morgan fingerprint density at radius 1 is 1.10 bits per heavy atom. The van der Waals surface area contributed by atoms with Crippen molar-refractivity contribution in [2.24, 2.45) is 5.92 Å². The van der Waals surface area contributed by atoms with Gasteiger partial charge in [-0.1, -0.05) is 19.9 Å². The van der Waals surface area contributed by atoms with Gasteiger partial charge in [0.2, 0.25) is 12.7 Å². The van der Waals surface area contributed by atoms with E-state index < -0.39 is 5.60 Å². The van der Waals surface area contributed by atoms with Gasteiger partial charge in [-0.25, -0.2) is 4.79 Å². The minimum atomic E-state index is -0.487. The average Bonchev–Trinajstić information content (AvgIpc) is 3.13.